The van der Waals surface area contributed by atoms with Crippen LogP contribution in [0.15, 0.2) is 54.1 Å². The van der Waals surface area contributed by atoms with Gasteiger partial charge >= 0.3 is 5.97 Å². The monoisotopic (exact) mass is 415 g/mol. The van der Waals surface area contributed by atoms with Crippen LogP contribution in [0.2, 0.25) is 0 Å². The highest BCUT2D eigenvalue weighted by molar-refractivity contribution is 5.90. The summed E-state index contributed by atoms with van der Waals surface area (Å²) in [5.41, 5.74) is 11.3. The van der Waals surface area contributed by atoms with Crippen LogP contribution in [0, 0.1) is 18.3 Å². The average molecular weight is 415 g/mol. The average Bonchev–Trinajstić information content (AvgIpc) is 3.08. The van der Waals surface area contributed by atoms with Crippen LogP contribution in [0.25, 0.3) is 11.3 Å². The summed E-state index contributed by atoms with van der Waals surface area (Å²) in [7, 11) is 3.92. The van der Waals surface area contributed by atoms with Crippen molar-refractivity contribution in [1.82, 2.24) is 9.78 Å². The van der Waals surface area contributed by atoms with Gasteiger partial charge in [-0.1, -0.05) is 12.1 Å². The van der Waals surface area contributed by atoms with Gasteiger partial charge < -0.3 is 14.7 Å². The lowest BCUT2D eigenvalue weighted by molar-refractivity contribution is 0.0697. The topological polar surface area (TPSA) is 117 Å². The Morgan fingerprint density at radius 3 is 2.39 bits per heavy atom. The number of carbonyl (C=O) groups is 1. The molecule has 0 spiro atoms. The molecule has 156 valence electrons. The number of nitriles is 1. The smallest absolute Gasteiger partial charge is 0.335 e. The van der Waals surface area contributed by atoms with Gasteiger partial charge in [-0.15, -0.1) is 0 Å². The third-order valence-electron chi connectivity index (χ3n) is 5.21. The fourth-order valence-corrected chi connectivity index (χ4v) is 3.62. The number of fused-ring (bicyclic) bond motifs is 1. The first kappa shape index (κ1) is 20.2. The van der Waals surface area contributed by atoms with Crippen molar-refractivity contribution in [3.8, 4) is 17.6 Å². The number of aryl methyl sites for hydroxylation is 1. The Bertz CT molecular complexity index is 1230. The first-order valence-corrected chi connectivity index (χ1v) is 9.59. The summed E-state index contributed by atoms with van der Waals surface area (Å²) in [6.07, 6.45) is -0.950. The van der Waals surface area contributed by atoms with Crippen LogP contribution in [0.5, 0.6) is 5.88 Å². The zero-order valence-corrected chi connectivity index (χ0v) is 17.3. The molecule has 0 radical (unpaired) electrons. The summed E-state index contributed by atoms with van der Waals surface area (Å²) in [6, 6.07) is 16.3. The number of anilines is 1. The second-order valence-corrected chi connectivity index (χ2v) is 7.41. The van der Waals surface area contributed by atoms with Crippen molar-refractivity contribution in [1.29, 1.82) is 5.26 Å². The molecule has 3 N–H and O–H groups in total. The van der Waals surface area contributed by atoms with Gasteiger partial charge in [-0.05, 0) is 48.9 Å². The molecule has 2 heterocycles. The zero-order valence-electron chi connectivity index (χ0n) is 17.3. The number of aromatic nitrogens is 2. The number of ether oxygens (including phenoxy) is 1. The normalized spacial score (nSPS) is 15.1. The molecule has 1 atom stereocenters. The van der Waals surface area contributed by atoms with Crippen LogP contribution < -0.4 is 15.4 Å². The van der Waals surface area contributed by atoms with Gasteiger partial charge in [-0.25, -0.2) is 9.48 Å². The fraction of sp³-hybridized carbons (Fsp3) is 0.174. The van der Waals surface area contributed by atoms with Crippen LogP contribution in [0.4, 0.5) is 5.69 Å². The van der Waals surface area contributed by atoms with E-state index in [4.69, 9.17) is 15.6 Å². The molecule has 3 aromatic rings. The molecule has 0 saturated carbocycles. The molecule has 8 heteroatoms. The van der Waals surface area contributed by atoms with Crippen molar-refractivity contribution in [2.75, 3.05) is 19.0 Å². The van der Waals surface area contributed by atoms with Gasteiger partial charge in [0.15, 0.2) is 6.23 Å². The number of nitrogens with two attached hydrogens (primary N) is 1. The minimum atomic E-state index is -1.01. The molecule has 1 aliphatic heterocycles. The minimum Gasteiger partial charge on any atom is -0.478 e. The number of benzene rings is 2. The molecular weight excluding hydrogens is 394 g/mol. The Kier molecular flexibility index (Phi) is 4.97. The van der Waals surface area contributed by atoms with Crippen LogP contribution >= 0.6 is 0 Å². The first-order chi connectivity index (χ1) is 14.8. The molecule has 0 amide bonds. The molecule has 1 unspecified atom stereocenters. The Balaban J connectivity index is 1.89. The van der Waals surface area contributed by atoms with Crippen LogP contribution in [-0.4, -0.2) is 41.2 Å². The number of hydrogen-bond donors (Lipinski definition) is 2. The van der Waals surface area contributed by atoms with E-state index in [1.807, 2.05) is 50.2 Å². The molecule has 0 fully saturated rings. The van der Waals surface area contributed by atoms with Gasteiger partial charge in [0.25, 0.3) is 0 Å². The maximum absolute atomic E-state index is 11.2. The second-order valence-electron chi connectivity index (χ2n) is 7.41. The maximum Gasteiger partial charge on any atom is 0.335 e. The predicted octanol–water partition coefficient (Wildman–Crippen LogP) is 2.95. The van der Waals surface area contributed by atoms with Gasteiger partial charge in [-0.2, -0.15) is 10.4 Å². The van der Waals surface area contributed by atoms with E-state index in [-0.39, 0.29) is 5.56 Å². The molecule has 31 heavy (non-hydrogen) atoms. The Hall–Kier alpha value is -4.09. The zero-order chi connectivity index (χ0) is 22.3. The third kappa shape index (κ3) is 3.41. The maximum atomic E-state index is 11.2. The van der Waals surface area contributed by atoms with Crippen molar-refractivity contribution in [3.05, 3.63) is 76.5 Å². The largest absolute Gasteiger partial charge is 0.478 e. The summed E-state index contributed by atoms with van der Waals surface area (Å²) in [5.74, 6) is -0.590. The number of nitrogens with zero attached hydrogens (tertiary/aromatic N) is 4. The summed E-state index contributed by atoms with van der Waals surface area (Å²) < 4.78 is 7.49. The highest BCUT2D eigenvalue weighted by atomic mass is 16.5. The molecule has 8 nitrogen and oxygen atoms in total. The van der Waals surface area contributed by atoms with E-state index in [0.29, 0.717) is 34.0 Å². The highest BCUT2D eigenvalue weighted by Crippen LogP contribution is 2.42. The van der Waals surface area contributed by atoms with Crippen molar-refractivity contribution in [2.24, 2.45) is 5.73 Å². The molecule has 0 bridgehead atoms. The summed E-state index contributed by atoms with van der Waals surface area (Å²) in [6.45, 7) is 1.84. The second kappa shape index (κ2) is 7.63. The van der Waals surface area contributed by atoms with Crippen LogP contribution in [0.1, 0.15) is 27.2 Å². The van der Waals surface area contributed by atoms with E-state index in [2.05, 4.69) is 11.2 Å². The number of rotatable bonds is 4. The number of hydrogen-bond acceptors (Lipinski definition) is 6. The van der Waals surface area contributed by atoms with Crippen LogP contribution in [-0.2, 0) is 0 Å². The molecule has 1 aliphatic rings. The molecule has 4 rings (SSSR count). The van der Waals surface area contributed by atoms with Crippen molar-refractivity contribution < 1.29 is 14.6 Å². The van der Waals surface area contributed by atoms with Gasteiger partial charge in [-0.3, -0.25) is 5.73 Å². The Labute approximate surface area is 179 Å². The number of aromatic carboxylic acids is 1. The summed E-state index contributed by atoms with van der Waals surface area (Å²) in [4.78, 5) is 13.2. The van der Waals surface area contributed by atoms with Gasteiger partial charge in [0.1, 0.15) is 6.07 Å². The molecule has 1 aromatic heterocycles. The summed E-state index contributed by atoms with van der Waals surface area (Å²) in [5, 5.41) is 23.5. The van der Waals surface area contributed by atoms with E-state index in [9.17, 15) is 10.1 Å². The van der Waals surface area contributed by atoms with Crippen molar-refractivity contribution >= 4 is 17.2 Å². The van der Waals surface area contributed by atoms with E-state index in [0.717, 1.165) is 11.3 Å². The minimum absolute atomic E-state index is 0.174. The number of carboxylic acid groups (broad SMARTS) is 1. The van der Waals surface area contributed by atoms with E-state index in [1.165, 1.54) is 12.1 Å². The Morgan fingerprint density at radius 2 is 1.84 bits per heavy atom. The molecule has 0 aliphatic carbocycles. The van der Waals surface area contributed by atoms with E-state index < -0.39 is 12.2 Å². The standard InChI is InChI=1S/C23H21N5O3/c1-13-19-20(14-4-8-16(9-5-14)27(2)3)18(12-24)21(25)31-22(19)28(26-13)17-10-6-15(7-11-17)23(29)30/h4-11,21H,25H2,1-3H3,(H,29,30). The van der Waals surface area contributed by atoms with Gasteiger partial charge in [0.2, 0.25) is 5.88 Å². The first-order valence-electron chi connectivity index (χ1n) is 9.59. The van der Waals surface area contributed by atoms with E-state index in [1.54, 1.807) is 16.8 Å². The molecule has 0 saturated heterocycles. The SMILES string of the molecule is Cc1nn(-c2ccc(C(=O)O)cc2)c2c1C(c1ccc(N(C)C)cc1)=C(C#N)C(N)O2. The fourth-order valence-electron chi connectivity index (χ4n) is 3.62. The Morgan fingerprint density at radius 1 is 1.19 bits per heavy atom. The number of carboxylic acids is 1. The lowest BCUT2D eigenvalue weighted by Gasteiger charge is -2.25. The lowest BCUT2D eigenvalue weighted by Crippen LogP contribution is -2.33. The van der Waals surface area contributed by atoms with Gasteiger partial charge in [0.05, 0.1) is 28.1 Å². The summed E-state index contributed by atoms with van der Waals surface area (Å²) >= 11 is 0. The van der Waals surface area contributed by atoms with Gasteiger partial charge in [0, 0.05) is 25.4 Å². The van der Waals surface area contributed by atoms with E-state index >= 15 is 0 Å². The van der Waals surface area contributed by atoms with Crippen LogP contribution in [0.3, 0.4) is 0 Å². The van der Waals surface area contributed by atoms with Crippen molar-refractivity contribution in [3.63, 3.8) is 0 Å². The molecular formula is C23H21N5O3. The third-order valence-corrected chi connectivity index (χ3v) is 5.21. The predicted molar refractivity (Wildman–Crippen MR) is 116 cm³/mol. The lowest BCUT2D eigenvalue weighted by atomic mass is 9.91. The highest BCUT2D eigenvalue weighted by Gasteiger charge is 2.33. The molecule has 2 aromatic carbocycles. The quantitative estimate of drug-likeness (QED) is 0.673. The van der Waals surface area contributed by atoms with Crippen molar-refractivity contribution in [2.45, 2.75) is 13.2 Å².